The van der Waals surface area contributed by atoms with Crippen molar-refractivity contribution in [2.24, 2.45) is 5.92 Å². The van der Waals surface area contributed by atoms with Crippen molar-refractivity contribution < 1.29 is 70.5 Å². The lowest BCUT2D eigenvalue weighted by atomic mass is 9.95. The van der Waals surface area contributed by atoms with Gasteiger partial charge in [-0.15, -0.1) is 0 Å². The number of rotatable bonds is 14. The molecule has 59 heavy (non-hydrogen) atoms. The van der Waals surface area contributed by atoms with E-state index in [4.69, 9.17) is 58.1 Å². The number of carbonyl (C=O) groups is 3. The minimum atomic E-state index is -1.82. The first kappa shape index (κ1) is 52.8. The monoisotopic (exact) mass is 832 g/mol. The number of aromatic nitrogens is 2. The number of hydrogen-bond acceptors (Lipinski definition) is 13. The van der Waals surface area contributed by atoms with E-state index in [0.717, 1.165) is 55.2 Å². The normalized spacial score (nSPS) is 11.9. The average molecular weight is 833 g/mol. The van der Waals surface area contributed by atoms with Crippen LogP contribution in [0.2, 0.25) is 0 Å². The van der Waals surface area contributed by atoms with Crippen molar-refractivity contribution in [3.8, 4) is 57.0 Å². The highest BCUT2D eigenvalue weighted by atomic mass is 16.5. The van der Waals surface area contributed by atoms with Crippen LogP contribution in [0, 0.1) is 5.92 Å². The van der Waals surface area contributed by atoms with Gasteiger partial charge in [0.1, 0.15) is 0 Å². The van der Waals surface area contributed by atoms with Crippen molar-refractivity contribution >= 4 is 18.4 Å². The van der Waals surface area contributed by atoms with Gasteiger partial charge in [0.05, 0.1) is 54.0 Å². The minimum absolute atomic E-state index is 0. The molecule has 4 aromatic rings. The molecule has 3 heterocycles. The third-order valence-corrected chi connectivity index (χ3v) is 8.89. The first-order chi connectivity index (χ1) is 26.9. The second-order valence-electron chi connectivity index (χ2n) is 12.6. The number of ether oxygens (including phenoxy) is 6. The Morgan fingerprint density at radius 2 is 1.10 bits per heavy atom. The van der Waals surface area contributed by atoms with Gasteiger partial charge in [-0.2, -0.15) is 0 Å². The first-order valence-electron chi connectivity index (χ1n) is 17.4. The largest absolute Gasteiger partial charge is 0.493 e. The second-order valence-corrected chi connectivity index (χ2v) is 12.6. The summed E-state index contributed by atoms with van der Waals surface area (Å²) in [5, 5.41) is 21.7. The van der Waals surface area contributed by atoms with Gasteiger partial charge in [-0.1, -0.05) is 7.43 Å². The van der Waals surface area contributed by atoms with Crippen LogP contribution in [0.1, 0.15) is 32.8 Å². The zero-order chi connectivity index (χ0) is 41.2. The number of hydrogen-bond donors (Lipinski definition) is 3. The van der Waals surface area contributed by atoms with Crippen molar-refractivity contribution in [2.45, 2.75) is 33.4 Å². The van der Waals surface area contributed by atoms with Crippen LogP contribution in [0.4, 0.5) is 0 Å². The summed E-state index contributed by atoms with van der Waals surface area (Å²) in [4.78, 5) is 40.8. The van der Waals surface area contributed by atoms with Crippen molar-refractivity contribution in [1.29, 1.82) is 0 Å². The summed E-state index contributed by atoms with van der Waals surface area (Å²) >= 11 is 0. The lowest BCUT2D eigenvalue weighted by molar-refractivity contribution is -0.159. The van der Waals surface area contributed by atoms with Gasteiger partial charge in [-0.05, 0) is 98.6 Å². The van der Waals surface area contributed by atoms with Crippen LogP contribution in [-0.2, 0) is 27.5 Å². The summed E-state index contributed by atoms with van der Waals surface area (Å²) < 4.78 is 33.2. The van der Waals surface area contributed by atoms with Gasteiger partial charge in [0.25, 0.3) is 6.47 Å². The van der Waals surface area contributed by atoms with Crippen molar-refractivity contribution in [2.75, 3.05) is 69.3 Å². The predicted molar refractivity (Wildman–Crippen MR) is 223 cm³/mol. The minimum Gasteiger partial charge on any atom is -0.493 e. The Balaban J connectivity index is 0. The fraction of sp³-hybridized carbons (Fsp3) is 0.390. The highest BCUT2D eigenvalue weighted by Gasteiger charge is 2.22. The molecule has 0 aliphatic carbocycles. The van der Waals surface area contributed by atoms with Gasteiger partial charge < -0.3 is 59.6 Å². The summed E-state index contributed by atoms with van der Waals surface area (Å²) in [6.07, 6.45) is 6.08. The van der Waals surface area contributed by atoms with Crippen LogP contribution in [-0.4, -0.2) is 134 Å². The van der Waals surface area contributed by atoms with Crippen LogP contribution in [0.5, 0.6) is 34.5 Å². The number of nitrogens with zero attached hydrogens (tertiary/aromatic N) is 4. The Bertz CT molecular complexity index is 1850. The summed E-state index contributed by atoms with van der Waals surface area (Å²) in [6.45, 7) is 4.68. The van der Waals surface area contributed by atoms with Gasteiger partial charge in [-0.3, -0.25) is 19.7 Å². The number of carboxylic acids is 2. The smallest absolute Gasteiger partial charge is 0.414 e. The highest BCUT2D eigenvalue weighted by Crippen LogP contribution is 2.42. The second kappa shape index (κ2) is 26.7. The predicted octanol–water partition coefficient (Wildman–Crippen LogP) is 4.30. The molecule has 5 rings (SSSR count). The quantitative estimate of drug-likeness (QED) is 0.118. The van der Waals surface area contributed by atoms with Gasteiger partial charge >= 0.3 is 11.9 Å². The van der Waals surface area contributed by atoms with Crippen LogP contribution in [0.3, 0.4) is 0 Å². The number of pyridine rings is 2. The number of methoxy groups -OCH3 is 6. The molecule has 18 heteroatoms. The number of carboxylic acid groups (broad SMARTS) is 3. The molecule has 7 N–H and O–H groups in total. The Morgan fingerprint density at radius 1 is 0.729 bits per heavy atom. The van der Waals surface area contributed by atoms with Crippen molar-refractivity contribution in [3.63, 3.8) is 0 Å². The molecule has 0 amide bonds. The van der Waals surface area contributed by atoms with E-state index < -0.39 is 11.9 Å². The number of likely N-dealkylation sites (tertiary alicyclic amines) is 1. The lowest BCUT2D eigenvalue weighted by Gasteiger charge is -2.34. The van der Waals surface area contributed by atoms with Gasteiger partial charge in [-0.25, -0.2) is 9.59 Å². The maximum absolute atomic E-state index is 9.10. The van der Waals surface area contributed by atoms with E-state index in [2.05, 4.69) is 51.1 Å². The van der Waals surface area contributed by atoms with E-state index in [0.29, 0.717) is 40.4 Å². The molecule has 18 nitrogen and oxygen atoms in total. The molecule has 0 unspecified atom stereocenters. The fourth-order valence-electron chi connectivity index (χ4n) is 6.32. The summed E-state index contributed by atoms with van der Waals surface area (Å²) in [5.41, 5.74) is 6.04. The molecule has 2 aromatic carbocycles. The molecule has 0 bridgehead atoms. The topological polar surface area (TPSA) is 263 Å². The molecule has 1 aliphatic rings. The Hall–Kier alpha value is -6.21. The SMILES string of the molecule is C.COc1cc(-c2cc(CN(C)CC3CCN(Cc4ccnc(-c5cc(OC)c(OC)c(OC)c5)c4)CC3)ccn2)cc(OC)c1OC.O.O.O=C(O)C(=O)O.O=CO.[HH]. The summed E-state index contributed by atoms with van der Waals surface area (Å²) in [7, 11) is 11.9. The van der Waals surface area contributed by atoms with Crippen LogP contribution >= 0.6 is 0 Å². The van der Waals surface area contributed by atoms with Gasteiger partial charge in [0.2, 0.25) is 11.5 Å². The molecule has 2 aromatic heterocycles. The van der Waals surface area contributed by atoms with Crippen LogP contribution in [0.15, 0.2) is 60.9 Å². The Morgan fingerprint density at radius 3 is 1.46 bits per heavy atom. The van der Waals surface area contributed by atoms with E-state index in [1.807, 2.05) is 36.7 Å². The molecular weight excluding hydrogens is 772 g/mol. The van der Waals surface area contributed by atoms with Crippen LogP contribution < -0.4 is 28.4 Å². The zero-order valence-corrected chi connectivity index (χ0v) is 33.7. The maximum Gasteiger partial charge on any atom is 0.414 e. The summed E-state index contributed by atoms with van der Waals surface area (Å²) in [5.74, 6) is 0.602. The molecule has 1 saturated heterocycles. The lowest BCUT2D eigenvalue weighted by Crippen LogP contribution is -2.37. The van der Waals surface area contributed by atoms with E-state index in [1.165, 1.54) is 24.0 Å². The summed E-state index contributed by atoms with van der Waals surface area (Å²) in [6, 6.07) is 16.2. The van der Waals surface area contributed by atoms with Gasteiger partial charge in [0, 0.05) is 44.6 Å². The molecule has 0 atom stereocenters. The molecule has 0 saturated carbocycles. The molecular formula is C41H60N4O14. The standard InChI is InChI=1S/C37H46N4O6.C2H2O4.CH2O2.CH4.2H2O.H2/c1-40(23-26-8-12-38-30(16-26)28-18-32(42-2)36(46-6)33(19-28)43-3)22-25-10-14-41(15-11-25)24-27-9-13-39-31(17-27)29-20-34(44-4)37(47-7)35(21-29)45-5;3-1(4)2(5)6;2-1-3;;;;/h8-9,12-13,16-21,25H,10-11,14-15,22-24H2,1-7H3;(H,3,4)(H,5,6);1H,(H,2,3);1H4;2*1H2;1H. The average Bonchev–Trinajstić information content (AvgIpc) is 3.21. The van der Waals surface area contributed by atoms with Crippen molar-refractivity contribution in [1.82, 2.24) is 19.8 Å². The molecule has 0 radical (unpaired) electrons. The zero-order valence-electron chi connectivity index (χ0n) is 33.7. The number of piperidine rings is 1. The highest BCUT2D eigenvalue weighted by molar-refractivity contribution is 6.27. The van der Waals surface area contributed by atoms with E-state index in [9.17, 15) is 0 Å². The molecule has 1 aliphatic heterocycles. The van der Waals surface area contributed by atoms with E-state index in [1.54, 1.807) is 42.7 Å². The maximum atomic E-state index is 9.10. The van der Waals surface area contributed by atoms with Crippen LogP contribution in [0.25, 0.3) is 22.5 Å². The van der Waals surface area contributed by atoms with Crippen molar-refractivity contribution in [3.05, 3.63) is 72.1 Å². The number of benzene rings is 2. The molecule has 1 fully saturated rings. The Labute approximate surface area is 346 Å². The molecule has 0 spiro atoms. The third kappa shape index (κ3) is 15.2. The fourth-order valence-corrected chi connectivity index (χ4v) is 6.32. The van der Waals surface area contributed by atoms with Gasteiger partial charge in [0.15, 0.2) is 23.0 Å². The van der Waals surface area contributed by atoms with E-state index >= 15 is 0 Å². The number of aliphatic carboxylic acids is 2. The van der Waals surface area contributed by atoms with E-state index in [-0.39, 0.29) is 26.3 Å². The Kier molecular flexibility index (Phi) is 23.9. The first-order valence-corrected chi connectivity index (χ1v) is 17.4. The molecule has 328 valence electrons. The third-order valence-electron chi connectivity index (χ3n) is 8.89.